The van der Waals surface area contributed by atoms with Crippen molar-refractivity contribution >= 4 is 5.78 Å². The van der Waals surface area contributed by atoms with Crippen molar-refractivity contribution in [1.29, 1.82) is 0 Å². The van der Waals surface area contributed by atoms with Gasteiger partial charge in [-0.2, -0.15) is 0 Å². The van der Waals surface area contributed by atoms with Gasteiger partial charge in [0, 0.05) is 12.8 Å². The van der Waals surface area contributed by atoms with E-state index in [1.807, 2.05) is 13.0 Å². The predicted octanol–water partition coefficient (Wildman–Crippen LogP) is 2.64. The highest BCUT2D eigenvalue weighted by molar-refractivity contribution is 5.93. The Kier molecular flexibility index (Phi) is 2.94. The minimum absolute atomic E-state index is 0.0574. The number of hydrogen-bond donors (Lipinski definition) is 0. The molecule has 1 aliphatic carbocycles. The molecule has 1 fully saturated rings. The molecule has 1 aromatic rings. The second-order valence-electron chi connectivity index (χ2n) is 5.54. The van der Waals surface area contributed by atoms with Crippen LogP contribution in [0.25, 0.3) is 0 Å². The van der Waals surface area contributed by atoms with Crippen molar-refractivity contribution in [1.82, 2.24) is 4.98 Å². The maximum atomic E-state index is 12.7. The summed E-state index contributed by atoms with van der Waals surface area (Å²) in [6.45, 7) is 2.66. The van der Waals surface area contributed by atoms with Crippen LogP contribution in [0.1, 0.15) is 49.8 Å². The summed E-state index contributed by atoms with van der Waals surface area (Å²) in [5.74, 6) is 0.178. The van der Waals surface area contributed by atoms with Gasteiger partial charge in [0.15, 0.2) is 5.78 Å². The first-order valence-corrected chi connectivity index (χ1v) is 6.83. The van der Waals surface area contributed by atoms with Crippen LogP contribution in [0.4, 0.5) is 0 Å². The first-order valence-electron chi connectivity index (χ1n) is 6.83. The zero-order valence-corrected chi connectivity index (χ0v) is 10.8. The maximum Gasteiger partial charge on any atom is 0.173 e. The van der Waals surface area contributed by atoms with E-state index in [1.54, 1.807) is 6.20 Å². The summed E-state index contributed by atoms with van der Waals surface area (Å²) in [7, 11) is 0. The number of Topliss-reactive ketones (excluding diaryl/α,β-unsaturated/α-hetero) is 1. The van der Waals surface area contributed by atoms with Crippen molar-refractivity contribution < 1.29 is 9.53 Å². The van der Waals surface area contributed by atoms with Gasteiger partial charge in [0.25, 0.3) is 0 Å². The number of rotatable bonds is 2. The molecule has 1 aliphatic heterocycles. The third kappa shape index (κ3) is 1.87. The van der Waals surface area contributed by atoms with E-state index in [2.05, 4.69) is 11.1 Å². The molecule has 1 aromatic heterocycles. The highest BCUT2D eigenvalue weighted by Crippen LogP contribution is 2.37. The van der Waals surface area contributed by atoms with Gasteiger partial charge in [-0.05, 0) is 50.7 Å². The Labute approximate surface area is 108 Å². The van der Waals surface area contributed by atoms with E-state index in [-0.39, 0.29) is 11.7 Å². The first kappa shape index (κ1) is 11.8. The van der Waals surface area contributed by atoms with E-state index in [0.29, 0.717) is 6.61 Å². The van der Waals surface area contributed by atoms with Crippen LogP contribution in [-0.2, 0) is 16.0 Å². The van der Waals surface area contributed by atoms with E-state index in [0.717, 1.165) is 37.8 Å². The molecule has 2 aliphatic rings. The van der Waals surface area contributed by atoms with Gasteiger partial charge >= 0.3 is 0 Å². The summed E-state index contributed by atoms with van der Waals surface area (Å²) in [5, 5.41) is 0. The fourth-order valence-corrected chi connectivity index (χ4v) is 3.21. The SMILES string of the molecule is CC1(C(=O)C2CCCc3cccnc32)CCCO1. The van der Waals surface area contributed by atoms with Crippen molar-refractivity contribution in [3.63, 3.8) is 0 Å². The largest absolute Gasteiger partial charge is 0.367 e. The smallest absolute Gasteiger partial charge is 0.173 e. The molecule has 1 saturated heterocycles. The molecule has 3 nitrogen and oxygen atoms in total. The van der Waals surface area contributed by atoms with Gasteiger partial charge in [-0.1, -0.05) is 6.07 Å². The predicted molar refractivity (Wildman–Crippen MR) is 68.5 cm³/mol. The summed E-state index contributed by atoms with van der Waals surface area (Å²) >= 11 is 0. The van der Waals surface area contributed by atoms with Crippen molar-refractivity contribution in [2.24, 2.45) is 0 Å². The summed E-state index contributed by atoms with van der Waals surface area (Å²) in [4.78, 5) is 17.2. The zero-order chi connectivity index (χ0) is 12.6. The Morgan fingerprint density at radius 3 is 3.17 bits per heavy atom. The van der Waals surface area contributed by atoms with E-state index in [9.17, 15) is 4.79 Å². The average Bonchev–Trinajstić information content (AvgIpc) is 2.85. The molecular formula is C15H19NO2. The Balaban J connectivity index is 1.92. The normalized spacial score (nSPS) is 31.1. The van der Waals surface area contributed by atoms with Crippen LogP contribution in [0, 0.1) is 0 Å². The van der Waals surface area contributed by atoms with Crippen LogP contribution in [-0.4, -0.2) is 23.0 Å². The maximum absolute atomic E-state index is 12.7. The molecule has 2 atom stereocenters. The molecule has 2 unspecified atom stereocenters. The number of nitrogens with zero attached hydrogens (tertiary/aromatic N) is 1. The van der Waals surface area contributed by atoms with Crippen molar-refractivity contribution in [2.75, 3.05) is 6.61 Å². The van der Waals surface area contributed by atoms with Crippen molar-refractivity contribution in [3.8, 4) is 0 Å². The number of carbonyl (C=O) groups is 1. The molecule has 0 amide bonds. The standard InChI is InChI=1S/C15H19NO2/c1-15(8-4-10-18-15)14(17)12-7-2-5-11-6-3-9-16-13(11)12/h3,6,9,12H,2,4-5,7-8,10H2,1H3. The van der Waals surface area contributed by atoms with Gasteiger partial charge in [0.05, 0.1) is 11.6 Å². The lowest BCUT2D eigenvalue weighted by Crippen LogP contribution is -2.39. The lowest BCUT2D eigenvalue weighted by molar-refractivity contribution is -0.139. The molecule has 18 heavy (non-hydrogen) atoms. The van der Waals surface area contributed by atoms with Gasteiger partial charge in [0.2, 0.25) is 0 Å². The average molecular weight is 245 g/mol. The summed E-state index contributed by atoms with van der Waals surface area (Å²) < 4.78 is 5.69. The van der Waals surface area contributed by atoms with Gasteiger partial charge in [-0.3, -0.25) is 9.78 Å². The van der Waals surface area contributed by atoms with Crippen LogP contribution in [0.2, 0.25) is 0 Å². The van der Waals surface area contributed by atoms with Crippen LogP contribution >= 0.6 is 0 Å². The quantitative estimate of drug-likeness (QED) is 0.804. The van der Waals surface area contributed by atoms with Gasteiger partial charge in [-0.25, -0.2) is 0 Å². The van der Waals surface area contributed by atoms with E-state index >= 15 is 0 Å². The second kappa shape index (κ2) is 4.47. The van der Waals surface area contributed by atoms with Crippen LogP contribution in [0.5, 0.6) is 0 Å². The van der Waals surface area contributed by atoms with E-state index in [4.69, 9.17) is 4.74 Å². The Morgan fingerprint density at radius 2 is 2.39 bits per heavy atom. The molecule has 0 radical (unpaired) electrons. The second-order valence-corrected chi connectivity index (χ2v) is 5.54. The Hall–Kier alpha value is -1.22. The first-order chi connectivity index (χ1) is 8.71. The van der Waals surface area contributed by atoms with Crippen LogP contribution < -0.4 is 0 Å². The monoisotopic (exact) mass is 245 g/mol. The van der Waals surface area contributed by atoms with E-state index in [1.165, 1.54) is 5.56 Å². The molecule has 0 N–H and O–H groups in total. The van der Waals surface area contributed by atoms with Gasteiger partial charge in [-0.15, -0.1) is 0 Å². The number of aryl methyl sites for hydroxylation is 1. The summed E-state index contributed by atoms with van der Waals surface area (Å²) in [6, 6.07) is 4.05. The fraction of sp³-hybridized carbons (Fsp3) is 0.600. The molecule has 2 heterocycles. The molecule has 0 bridgehead atoms. The third-order valence-corrected chi connectivity index (χ3v) is 4.25. The zero-order valence-electron chi connectivity index (χ0n) is 10.8. The minimum Gasteiger partial charge on any atom is -0.367 e. The van der Waals surface area contributed by atoms with Gasteiger partial charge < -0.3 is 4.74 Å². The molecule has 3 rings (SSSR count). The number of fused-ring (bicyclic) bond motifs is 1. The number of aromatic nitrogens is 1. The number of hydrogen-bond acceptors (Lipinski definition) is 3. The minimum atomic E-state index is -0.573. The number of pyridine rings is 1. The molecule has 0 spiro atoms. The topological polar surface area (TPSA) is 39.2 Å². The van der Waals surface area contributed by atoms with Crippen molar-refractivity contribution in [2.45, 2.75) is 50.5 Å². The Bertz CT molecular complexity index is 463. The van der Waals surface area contributed by atoms with Crippen LogP contribution in [0.3, 0.4) is 0 Å². The molecule has 3 heteroatoms. The lowest BCUT2D eigenvalue weighted by Gasteiger charge is -2.30. The third-order valence-electron chi connectivity index (χ3n) is 4.25. The van der Waals surface area contributed by atoms with Crippen molar-refractivity contribution in [3.05, 3.63) is 29.6 Å². The van der Waals surface area contributed by atoms with Crippen LogP contribution in [0.15, 0.2) is 18.3 Å². The van der Waals surface area contributed by atoms with Gasteiger partial charge in [0.1, 0.15) is 5.60 Å². The Morgan fingerprint density at radius 1 is 1.50 bits per heavy atom. The highest BCUT2D eigenvalue weighted by Gasteiger charge is 2.43. The summed E-state index contributed by atoms with van der Waals surface area (Å²) in [5.41, 5.74) is 1.66. The van der Waals surface area contributed by atoms with E-state index < -0.39 is 5.60 Å². The summed E-state index contributed by atoms with van der Waals surface area (Å²) in [6.07, 6.45) is 6.67. The molecule has 0 aromatic carbocycles. The number of carbonyl (C=O) groups excluding carboxylic acids is 1. The lowest BCUT2D eigenvalue weighted by atomic mass is 9.78. The number of ketones is 1. The number of ether oxygens (including phenoxy) is 1. The molecular weight excluding hydrogens is 226 g/mol. The molecule has 96 valence electrons. The highest BCUT2D eigenvalue weighted by atomic mass is 16.5. The molecule has 0 saturated carbocycles. The fourth-order valence-electron chi connectivity index (χ4n) is 3.21.